The first-order chi connectivity index (χ1) is 11.6. The maximum Gasteiger partial charge on any atom is 0.251 e. The lowest BCUT2D eigenvalue weighted by Gasteiger charge is -2.15. The van der Waals surface area contributed by atoms with Gasteiger partial charge in [-0.25, -0.2) is 4.39 Å². The Balaban J connectivity index is 1.79. The van der Waals surface area contributed by atoms with Crippen LogP contribution in [0.2, 0.25) is 0 Å². The topological polar surface area (TPSA) is 58.2 Å². The van der Waals surface area contributed by atoms with Crippen LogP contribution in [-0.2, 0) is 4.79 Å². The number of rotatable bonds is 7. The number of hydrogen-bond acceptors (Lipinski definition) is 2. The van der Waals surface area contributed by atoms with Crippen LogP contribution >= 0.6 is 0 Å². The molecule has 0 heterocycles. The predicted molar refractivity (Wildman–Crippen MR) is 91.2 cm³/mol. The van der Waals surface area contributed by atoms with Crippen LogP contribution in [0.5, 0.6) is 0 Å². The van der Waals surface area contributed by atoms with E-state index in [1.54, 1.807) is 36.4 Å². The van der Waals surface area contributed by atoms with Gasteiger partial charge in [-0.3, -0.25) is 9.59 Å². The van der Waals surface area contributed by atoms with Crippen LogP contribution in [0.4, 0.5) is 4.39 Å². The molecular formula is C19H21FN2O2. The van der Waals surface area contributed by atoms with Gasteiger partial charge in [0.2, 0.25) is 5.91 Å². The van der Waals surface area contributed by atoms with Crippen molar-refractivity contribution in [3.63, 3.8) is 0 Å². The highest BCUT2D eigenvalue weighted by atomic mass is 19.1. The van der Waals surface area contributed by atoms with Crippen molar-refractivity contribution in [2.75, 3.05) is 13.1 Å². The second-order valence-electron chi connectivity index (χ2n) is 5.43. The van der Waals surface area contributed by atoms with Crippen molar-refractivity contribution in [1.29, 1.82) is 0 Å². The second-order valence-corrected chi connectivity index (χ2v) is 5.43. The summed E-state index contributed by atoms with van der Waals surface area (Å²) in [4.78, 5) is 24.1. The molecule has 0 bridgehead atoms. The van der Waals surface area contributed by atoms with Crippen molar-refractivity contribution in [2.45, 2.75) is 19.3 Å². The molecule has 0 aromatic heterocycles. The molecule has 0 saturated carbocycles. The molecular weight excluding hydrogens is 307 g/mol. The highest BCUT2D eigenvalue weighted by Gasteiger charge is 2.18. The van der Waals surface area contributed by atoms with Crippen LogP contribution in [0, 0.1) is 5.82 Å². The molecule has 5 heteroatoms. The molecule has 4 nitrogen and oxygen atoms in total. The molecule has 24 heavy (non-hydrogen) atoms. The van der Waals surface area contributed by atoms with Gasteiger partial charge in [-0.1, -0.05) is 37.3 Å². The minimum atomic E-state index is -0.324. The van der Waals surface area contributed by atoms with Crippen LogP contribution in [0.3, 0.4) is 0 Å². The van der Waals surface area contributed by atoms with Gasteiger partial charge in [-0.15, -0.1) is 0 Å². The fourth-order valence-corrected chi connectivity index (χ4v) is 2.44. The summed E-state index contributed by atoms with van der Waals surface area (Å²) in [6.07, 6.45) is 0.619. The van der Waals surface area contributed by atoms with Gasteiger partial charge in [-0.05, 0) is 36.2 Å². The number of carbonyl (C=O) groups is 2. The first kappa shape index (κ1) is 17.7. The Labute approximate surface area is 141 Å². The van der Waals surface area contributed by atoms with E-state index < -0.39 is 0 Å². The molecule has 0 aliphatic rings. The summed E-state index contributed by atoms with van der Waals surface area (Å²) >= 11 is 0. The summed E-state index contributed by atoms with van der Waals surface area (Å²) in [5.41, 5.74) is 1.37. The minimum absolute atomic E-state index is 0.127. The molecule has 0 fully saturated rings. The van der Waals surface area contributed by atoms with Crippen LogP contribution in [0.15, 0.2) is 54.6 Å². The zero-order valence-electron chi connectivity index (χ0n) is 13.6. The van der Waals surface area contributed by atoms with E-state index in [2.05, 4.69) is 10.6 Å². The Kier molecular flexibility index (Phi) is 6.49. The van der Waals surface area contributed by atoms with Crippen LogP contribution in [0.1, 0.15) is 35.2 Å². The summed E-state index contributed by atoms with van der Waals surface area (Å²) in [5, 5.41) is 5.56. The van der Waals surface area contributed by atoms with E-state index in [1.807, 2.05) is 13.0 Å². The van der Waals surface area contributed by atoms with Crippen LogP contribution < -0.4 is 10.6 Å². The van der Waals surface area contributed by atoms with E-state index in [0.29, 0.717) is 25.1 Å². The third-order valence-corrected chi connectivity index (χ3v) is 3.74. The van der Waals surface area contributed by atoms with Crippen molar-refractivity contribution in [3.05, 3.63) is 71.5 Å². The number of hydrogen-bond donors (Lipinski definition) is 2. The summed E-state index contributed by atoms with van der Waals surface area (Å²) in [6, 6.07) is 14.9. The number of halogens is 1. The highest BCUT2D eigenvalue weighted by molar-refractivity contribution is 5.94. The lowest BCUT2D eigenvalue weighted by atomic mass is 9.95. The van der Waals surface area contributed by atoms with Gasteiger partial charge in [0.15, 0.2) is 0 Å². The fourth-order valence-electron chi connectivity index (χ4n) is 2.44. The fraction of sp³-hybridized carbons (Fsp3) is 0.263. The largest absolute Gasteiger partial charge is 0.354 e. The molecule has 1 unspecified atom stereocenters. The summed E-state index contributed by atoms with van der Waals surface area (Å²) in [5.74, 6) is -0.943. The lowest BCUT2D eigenvalue weighted by molar-refractivity contribution is -0.122. The van der Waals surface area contributed by atoms with E-state index in [1.165, 1.54) is 12.1 Å². The Morgan fingerprint density at radius 2 is 1.58 bits per heavy atom. The normalized spacial score (nSPS) is 11.6. The van der Waals surface area contributed by atoms with Crippen molar-refractivity contribution < 1.29 is 14.0 Å². The third-order valence-electron chi connectivity index (χ3n) is 3.74. The summed E-state index contributed by atoms with van der Waals surface area (Å²) < 4.78 is 13.0. The van der Waals surface area contributed by atoms with Crippen molar-refractivity contribution in [1.82, 2.24) is 10.6 Å². The first-order valence-corrected chi connectivity index (χ1v) is 7.98. The lowest BCUT2D eigenvalue weighted by Crippen LogP contribution is -2.36. The monoisotopic (exact) mass is 328 g/mol. The van der Waals surface area contributed by atoms with Crippen molar-refractivity contribution >= 4 is 11.8 Å². The van der Waals surface area contributed by atoms with Gasteiger partial charge in [0.25, 0.3) is 5.91 Å². The molecule has 2 amide bonds. The van der Waals surface area contributed by atoms with Gasteiger partial charge in [0, 0.05) is 18.7 Å². The highest BCUT2D eigenvalue weighted by Crippen LogP contribution is 2.19. The smallest absolute Gasteiger partial charge is 0.251 e. The Bertz CT molecular complexity index is 672. The van der Waals surface area contributed by atoms with Gasteiger partial charge >= 0.3 is 0 Å². The first-order valence-electron chi connectivity index (χ1n) is 7.98. The van der Waals surface area contributed by atoms with E-state index in [9.17, 15) is 14.0 Å². The third kappa shape index (κ3) is 4.91. The SMILES string of the molecule is CCC(C(=O)NCCNC(=O)c1ccccc1)c1ccc(F)cc1. The van der Waals surface area contributed by atoms with Gasteiger partial charge < -0.3 is 10.6 Å². The zero-order chi connectivity index (χ0) is 17.4. The van der Waals surface area contributed by atoms with Crippen molar-refractivity contribution in [3.8, 4) is 0 Å². The molecule has 2 rings (SSSR count). The number of benzene rings is 2. The van der Waals surface area contributed by atoms with E-state index in [4.69, 9.17) is 0 Å². The molecule has 0 aliphatic carbocycles. The van der Waals surface area contributed by atoms with E-state index >= 15 is 0 Å². The zero-order valence-corrected chi connectivity index (χ0v) is 13.6. The summed E-state index contributed by atoms with van der Waals surface area (Å²) in [6.45, 7) is 2.60. The van der Waals surface area contributed by atoms with Crippen LogP contribution in [0.25, 0.3) is 0 Å². The van der Waals surface area contributed by atoms with Crippen molar-refractivity contribution in [2.24, 2.45) is 0 Å². The molecule has 2 aromatic carbocycles. The molecule has 2 N–H and O–H groups in total. The quantitative estimate of drug-likeness (QED) is 0.768. The minimum Gasteiger partial charge on any atom is -0.354 e. The van der Waals surface area contributed by atoms with Gasteiger partial charge in [0.05, 0.1) is 5.92 Å². The Morgan fingerprint density at radius 3 is 2.21 bits per heavy atom. The molecule has 0 saturated heterocycles. The van der Waals surface area contributed by atoms with E-state index in [0.717, 1.165) is 5.56 Å². The average Bonchev–Trinajstić information content (AvgIpc) is 2.61. The molecule has 126 valence electrons. The second kappa shape index (κ2) is 8.82. The standard InChI is InChI=1S/C19H21FN2O2/c1-2-17(14-8-10-16(20)11-9-14)19(24)22-13-12-21-18(23)15-6-4-3-5-7-15/h3-11,17H,2,12-13H2,1H3,(H,21,23)(H,22,24). The summed E-state index contributed by atoms with van der Waals surface area (Å²) in [7, 11) is 0. The number of nitrogens with one attached hydrogen (secondary N) is 2. The predicted octanol–water partition coefficient (Wildman–Crippen LogP) is 2.87. The molecule has 2 aromatic rings. The average molecular weight is 328 g/mol. The molecule has 0 aliphatic heterocycles. The molecule has 1 atom stereocenters. The number of amides is 2. The molecule has 0 spiro atoms. The molecule has 0 radical (unpaired) electrons. The van der Waals surface area contributed by atoms with Gasteiger partial charge in [-0.2, -0.15) is 0 Å². The number of carbonyl (C=O) groups excluding carboxylic acids is 2. The van der Waals surface area contributed by atoms with Crippen LogP contribution in [-0.4, -0.2) is 24.9 Å². The Hall–Kier alpha value is -2.69. The maximum atomic E-state index is 13.0. The maximum absolute atomic E-state index is 13.0. The van der Waals surface area contributed by atoms with Gasteiger partial charge in [0.1, 0.15) is 5.82 Å². The Morgan fingerprint density at radius 1 is 0.958 bits per heavy atom. The van der Waals surface area contributed by atoms with E-state index in [-0.39, 0.29) is 23.5 Å².